The number of unbranched alkanes of at least 4 members (excludes halogenated alkanes) is 14. The van der Waals surface area contributed by atoms with Crippen molar-refractivity contribution < 1.29 is 34.0 Å². The minimum absolute atomic E-state index is 0.00696. The molecule has 33 heavy (non-hydrogen) atoms. The van der Waals surface area contributed by atoms with Crippen molar-refractivity contribution in [1.82, 2.24) is 0 Å². The lowest BCUT2D eigenvalue weighted by Gasteiger charge is -2.15. The molecular weight excluding hydrogens is 424 g/mol. The Labute approximate surface area is 200 Å². The van der Waals surface area contributed by atoms with Crippen LogP contribution in [0, 0.1) is 0 Å². The molecule has 0 amide bonds. The van der Waals surface area contributed by atoms with Crippen molar-refractivity contribution in [3.05, 3.63) is 11.5 Å². The van der Waals surface area contributed by atoms with Gasteiger partial charge in [0.2, 0.25) is 0 Å². The summed E-state index contributed by atoms with van der Waals surface area (Å²) < 4.78 is 15.0. The topological polar surface area (TPSA) is 102 Å². The highest BCUT2D eigenvalue weighted by Gasteiger charge is 2.19. The first-order chi connectivity index (χ1) is 16.0. The van der Waals surface area contributed by atoms with E-state index < -0.39 is 24.6 Å². The Balaban J connectivity index is 3.86. The highest BCUT2D eigenvalue weighted by Crippen LogP contribution is 2.15. The van der Waals surface area contributed by atoms with Gasteiger partial charge in [0, 0.05) is 6.42 Å². The van der Waals surface area contributed by atoms with Crippen molar-refractivity contribution >= 4 is 11.9 Å². The molecule has 0 aromatic carbocycles. The number of hydrogen-bond donors (Lipinski definition) is 2. The molecule has 0 bridgehead atoms. The van der Waals surface area contributed by atoms with E-state index >= 15 is 0 Å². The van der Waals surface area contributed by atoms with Crippen LogP contribution in [-0.4, -0.2) is 48.6 Å². The predicted molar refractivity (Wildman–Crippen MR) is 129 cm³/mol. The van der Waals surface area contributed by atoms with E-state index in [1.54, 1.807) is 0 Å². The second-order valence-corrected chi connectivity index (χ2v) is 8.73. The molecule has 0 saturated heterocycles. The lowest BCUT2D eigenvalue weighted by atomic mass is 10.0. The molecule has 0 saturated carbocycles. The summed E-state index contributed by atoms with van der Waals surface area (Å²) in [6, 6.07) is 0. The quantitative estimate of drug-likeness (QED) is 0.0919. The van der Waals surface area contributed by atoms with Crippen LogP contribution in [0.5, 0.6) is 0 Å². The highest BCUT2D eigenvalue weighted by atomic mass is 16.7. The Morgan fingerprint density at radius 3 is 1.67 bits per heavy atom. The SMILES string of the molecule is CCCCCCCCCCCCCCCCCC(=O)OC(OCC(O)CO)=C(C)C(=O)OC. The molecule has 0 fully saturated rings. The number of carbonyl (C=O) groups is 2. The fourth-order valence-corrected chi connectivity index (χ4v) is 3.47. The summed E-state index contributed by atoms with van der Waals surface area (Å²) in [6.45, 7) is 2.86. The van der Waals surface area contributed by atoms with Gasteiger partial charge in [0.15, 0.2) is 0 Å². The lowest BCUT2D eigenvalue weighted by molar-refractivity contribution is -0.147. The first-order valence-electron chi connectivity index (χ1n) is 12.9. The molecule has 1 unspecified atom stereocenters. The van der Waals surface area contributed by atoms with Crippen LogP contribution in [0.4, 0.5) is 0 Å². The maximum absolute atomic E-state index is 12.1. The fourth-order valence-electron chi connectivity index (χ4n) is 3.47. The molecule has 0 aliphatic rings. The zero-order chi connectivity index (χ0) is 24.7. The molecule has 1 atom stereocenters. The molecule has 0 rings (SSSR count). The van der Waals surface area contributed by atoms with E-state index in [9.17, 15) is 14.7 Å². The van der Waals surface area contributed by atoms with E-state index in [-0.39, 0.29) is 24.5 Å². The maximum atomic E-state index is 12.1. The second-order valence-electron chi connectivity index (χ2n) is 8.73. The number of esters is 2. The van der Waals surface area contributed by atoms with Crippen molar-refractivity contribution in [2.24, 2.45) is 0 Å². The van der Waals surface area contributed by atoms with E-state index in [1.165, 1.54) is 91.1 Å². The van der Waals surface area contributed by atoms with E-state index in [1.807, 2.05) is 0 Å². The average molecular weight is 473 g/mol. The predicted octanol–water partition coefficient (Wildman–Crippen LogP) is 5.57. The largest absolute Gasteiger partial charge is 0.465 e. The molecule has 7 nitrogen and oxygen atoms in total. The average Bonchev–Trinajstić information content (AvgIpc) is 2.82. The van der Waals surface area contributed by atoms with Gasteiger partial charge < -0.3 is 24.4 Å². The van der Waals surface area contributed by atoms with Gasteiger partial charge in [0.05, 0.1) is 13.7 Å². The zero-order valence-electron chi connectivity index (χ0n) is 21.2. The summed E-state index contributed by atoms with van der Waals surface area (Å²) >= 11 is 0. The smallest absolute Gasteiger partial charge is 0.340 e. The lowest BCUT2D eigenvalue weighted by Crippen LogP contribution is -2.22. The van der Waals surface area contributed by atoms with E-state index in [0.717, 1.165) is 12.8 Å². The van der Waals surface area contributed by atoms with Gasteiger partial charge in [-0.2, -0.15) is 0 Å². The van der Waals surface area contributed by atoms with Gasteiger partial charge in [-0.3, -0.25) is 4.79 Å². The molecular formula is C26H48O7. The van der Waals surface area contributed by atoms with E-state index in [0.29, 0.717) is 6.42 Å². The van der Waals surface area contributed by atoms with Crippen molar-refractivity contribution in [2.45, 2.75) is 123 Å². The maximum Gasteiger partial charge on any atom is 0.340 e. The van der Waals surface area contributed by atoms with Crippen molar-refractivity contribution in [3.63, 3.8) is 0 Å². The van der Waals surface area contributed by atoms with Crippen molar-refractivity contribution in [2.75, 3.05) is 20.3 Å². The molecule has 7 heteroatoms. The van der Waals surface area contributed by atoms with Gasteiger partial charge in [-0.05, 0) is 13.3 Å². The van der Waals surface area contributed by atoms with Gasteiger partial charge in [0.25, 0.3) is 5.95 Å². The Morgan fingerprint density at radius 1 is 0.788 bits per heavy atom. The summed E-state index contributed by atoms with van der Waals surface area (Å²) in [5.74, 6) is -1.48. The molecule has 194 valence electrons. The van der Waals surface area contributed by atoms with Crippen LogP contribution in [-0.2, 0) is 23.8 Å². The Hall–Kier alpha value is -1.60. The third-order valence-corrected chi connectivity index (χ3v) is 5.61. The highest BCUT2D eigenvalue weighted by molar-refractivity contribution is 5.88. The van der Waals surface area contributed by atoms with Gasteiger partial charge in [0.1, 0.15) is 18.3 Å². The third kappa shape index (κ3) is 18.5. The van der Waals surface area contributed by atoms with Crippen LogP contribution in [0.1, 0.15) is 117 Å². The minimum Gasteiger partial charge on any atom is -0.465 e. The number of aliphatic hydroxyl groups is 2. The molecule has 0 aliphatic heterocycles. The van der Waals surface area contributed by atoms with Crippen LogP contribution in [0.15, 0.2) is 11.5 Å². The number of rotatable bonds is 22. The summed E-state index contributed by atoms with van der Waals surface area (Å²) in [4.78, 5) is 23.8. The summed E-state index contributed by atoms with van der Waals surface area (Å²) in [7, 11) is 1.21. The number of aliphatic hydroxyl groups excluding tert-OH is 2. The molecule has 2 N–H and O–H groups in total. The second kappa shape index (κ2) is 22.2. The molecule has 0 radical (unpaired) electrons. The molecule has 0 aromatic heterocycles. The normalized spacial score (nSPS) is 12.8. The number of hydrogen-bond acceptors (Lipinski definition) is 7. The monoisotopic (exact) mass is 472 g/mol. The molecule has 0 aromatic rings. The van der Waals surface area contributed by atoms with E-state index in [4.69, 9.17) is 14.6 Å². The summed E-state index contributed by atoms with van der Waals surface area (Å²) in [5.41, 5.74) is -0.00696. The van der Waals surface area contributed by atoms with Crippen LogP contribution in [0.2, 0.25) is 0 Å². The van der Waals surface area contributed by atoms with Gasteiger partial charge in [-0.25, -0.2) is 4.79 Å². The van der Waals surface area contributed by atoms with Crippen LogP contribution >= 0.6 is 0 Å². The Kier molecular flexibility index (Phi) is 21.1. The Morgan fingerprint density at radius 2 is 1.24 bits per heavy atom. The fraction of sp³-hybridized carbons (Fsp3) is 0.846. The van der Waals surface area contributed by atoms with Crippen LogP contribution in [0.25, 0.3) is 0 Å². The molecule has 0 heterocycles. The van der Waals surface area contributed by atoms with Crippen LogP contribution in [0.3, 0.4) is 0 Å². The Bertz CT molecular complexity index is 531. The molecule has 0 spiro atoms. The van der Waals surface area contributed by atoms with Gasteiger partial charge >= 0.3 is 11.9 Å². The van der Waals surface area contributed by atoms with Crippen LogP contribution < -0.4 is 0 Å². The summed E-state index contributed by atoms with van der Waals surface area (Å²) in [5, 5.41) is 18.3. The number of carbonyl (C=O) groups excluding carboxylic acids is 2. The minimum atomic E-state index is -1.14. The molecule has 0 aliphatic carbocycles. The first kappa shape index (κ1) is 31.4. The first-order valence-corrected chi connectivity index (χ1v) is 12.9. The van der Waals surface area contributed by atoms with E-state index in [2.05, 4.69) is 11.7 Å². The summed E-state index contributed by atoms with van der Waals surface area (Å²) in [6.07, 6.45) is 17.8. The zero-order valence-corrected chi connectivity index (χ0v) is 21.2. The van der Waals surface area contributed by atoms with Crippen molar-refractivity contribution in [3.8, 4) is 0 Å². The number of ether oxygens (including phenoxy) is 3. The standard InChI is InChI=1S/C26H48O7/c1-4-5-6-7-8-9-10-11-12-13-14-15-16-17-18-19-24(29)33-26(22(2)25(30)31-3)32-21-23(28)20-27/h23,27-28H,4-21H2,1-3H3. The third-order valence-electron chi connectivity index (χ3n) is 5.61. The van der Waals surface area contributed by atoms with Gasteiger partial charge in [-0.1, -0.05) is 96.8 Å². The number of methoxy groups -OCH3 is 1. The van der Waals surface area contributed by atoms with Gasteiger partial charge in [-0.15, -0.1) is 0 Å². The van der Waals surface area contributed by atoms with Crippen molar-refractivity contribution in [1.29, 1.82) is 0 Å².